The molecule has 1 heterocycles. The lowest BCUT2D eigenvalue weighted by Gasteiger charge is -2.27. The molecular formula is C14H28N2OS. The number of piperidine rings is 1. The summed E-state index contributed by atoms with van der Waals surface area (Å²) in [5, 5.41) is 3.36. The Morgan fingerprint density at radius 2 is 2.00 bits per heavy atom. The van der Waals surface area contributed by atoms with Crippen molar-refractivity contribution in [2.75, 3.05) is 31.6 Å². The normalized spacial score (nSPS) is 19.6. The van der Waals surface area contributed by atoms with Crippen molar-refractivity contribution in [1.29, 1.82) is 0 Å². The van der Waals surface area contributed by atoms with Crippen molar-refractivity contribution >= 4 is 17.7 Å². The van der Waals surface area contributed by atoms with Crippen LogP contribution in [0.2, 0.25) is 0 Å². The number of carbonyl (C=O) groups excluding carboxylic acids is 1. The van der Waals surface area contributed by atoms with E-state index in [0.29, 0.717) is 23.6 Å². The summed E-state index contributed by atoms with van der Waals surface area (Å²) in [6.07, 6.45) is 4.84. The second kappa shape index (κ2) is 8.81. The number of hydrogen-bond acceptors (Lipinski definition) is 3. The quantitative estimate of drug-likeness (QED) is 0.772. The smallest absolute Gasteiger partial charge is 0.232 e. The predicted octanol–water partition coefficient (Wildman–Crippen LogP) is 2.37. The number of likely N-dealkylation sites (tertiary alicyclic amines) is 1. The molecule has 0 bridgehead atoms. The van der Waals surface area contributed by atoms with Crippen molar-refractivity contribution in [2.45, 2.75) is 45.6 Å². The van der Waals surface area contributed by atoms with Crippen LogP contribution in [0.25, 0.3) is 0 Å². The molecule has 4 heteroatoms. The Morgan fingerprint density at radius 3 is 2.56 bits per heavy atom. The molecule has 1 amide bonds. The molecule has 106 valence electrons. The van der Waals surface area contributed by atoms with Gasteiger partial charge in [0.1, 0.15) is 0 Å². The Balaban J connectivity index is 2.21. The number of carbonyl (C=O) groups is 1. The lowest BCUT2D eigenvalue weighted by Crippen LogP contribution is -2.38. The molecule has 1 fully saturated rings. The van der Waals surface area contributed by atoms with Crippen LogP contribution >= 0.6 is 11.8 Å². The first-order valence-electron chi connectivity index (χ1n) is 7.21. The van der Waals surface area contributed by atoms with Crippen molar-refractivity contribution < 1.29 is 4.79 Å². The molecule has 0 aromatic rings. The van der Waals surface area contributed by atoms with Gasteiger partial charge in [0.25, 0.3) is 0 Å². The van der Waals surface area contributed by atoms with Crippen LogP contribution in [0.4, 0.5) is 0 Å². The van der Waals surface area contributed by atoms with Crippen molar-refractivity contribution in [2.24, 2.45) is 5.92 Å². The van der Waals surface area contributed by atoms with Gasteiger partial charge in [0.15, 0.2) is 0 Å². The Morgan fingerprint density at radius 1 is 1.33 bits per heavy atom. The average Bonchev–Trinajstić information content (AvgIpc) is 2.43. The van der Waals surface area contributed by atoms with Gasteiger partial charge in [0.05, 0.1) is 5.75 Å². The van der Waals surface area contributed by atoms with Crippen LogP contribution < -0.4 is 5.32 Å². The SMILES string of the molecule is CCC(C)C(CSCC(=O)N1CCCCC1)NC. The summed E-state index contributed by atoms with van der Waals surface area (Å²) in [5.41, 5.74) is 0. The minimum Gasteiger partial charge on any atom is -0.342 e. The minimum atomic E-state index is 0.332. The molecule has 1 aliphatic heterocycles. The zero-order chi connectivity index (χ0) is 13.4. The highest BCUT2D eigenvalue weighted by Crippen LogP contribution is 2.15. The van der Waals surface area contributed by atoms with E-state index in [1.807, 2.05) is 11.9 Å². The van der Waals surface area contributed by atoms with E-state index in [1.54, 1.807) is 11.8 Å². The van der Waals surface area contributed by atoms with Crippen LogP contribution in [0.15, 0.2) is 0 Å². The Bertz CT molecular complexity index is 242. The van der Waals surface area contributed by atoms with E-state index in [4.69, 9.17) is 0 Å². The first-order valence-corrected chi connectivity index (χ1v) is 8.37. The van der Waals surface area contributed by atoms with Gasteiger partial charge in [-0.2, -0.15) is 11.8 Å². The second-order valence-corrected chi connectivity index (χ2v) is 6.27. The lowest BCUT2D eigenvalue weighted by molar-refractivity contribution is -0.129. The van der Waals surface area contributed by atoms with E-state index < -0.39 is 0 Å². The number of amides is 1. The van der Waals surface area contributed by atoms with Crippen LogP contribution in [0.1, 0.15) is 39.5 Å². The maximum Gasteiger partial charge on any atom is 0.232 e. The van der Waals surface area contributed by atoms with Gasteiger partial charge in [-0.3, -0.25) is 4.79 Å². The van der Waals surface area contributed by atoms with Crippen molar-refractivity contribution in [3.63, 3.8) is 0 Å². The van der Waals surface area contributed by atoms with E-state index >= 15 is 0 Å². The van der Waals surface area contributed by atoms with E-state index in [9.17, 15) is 4.79 Å². The van der Waals surface area contributed by atoms with Crippen LogP contribution in [0, 0.1) is 5.92 Å². The fourth-order valence-electron chi connectivity index (χ4n) is 2.32. The maximum absolute atomic E-state index is 12.0. The molecule has 0 saturated carbocycles. The second-order valence-electron chi connectivity index (χ2n) is 5.24. The summed E-state index contributed by atoms with van der Waals surface area (Å²) in [6, 6.07) is 0.522. The zero-order valence-corrected chi connectivity index (χ0v) is 12.9. The molecule has 0 spiro atoms. The Kier molecular flexibility index (Phi) is 7.75. The van der Waals surface area contributed by atoms with Gasteiger partial charge in [-0.25, -0.2) is 0 Å². The number of thioether (sulfide) groups is 1. The third kappa shape index (κ3) is 5.19. The zero-order valence-electron chi connectivity index (χ0n) is 12.1. The van der Waals surface area contributed by atoms with Crippen LogP contribution in [-0.2, 0) is 4.79 Å². The van der Waals surface area contributed by atoms with Gasteiger partial charge < -0.3 is 10.2 Å². The van der Waals surface area contributed by atoms with Crippen molar-refractivity contribution in [3.8, 4) is 0 Å². The molecule has 18 heavy (non-hydrogen) atoms. The fourth-order valence-corrected chi connectivity index (χ4v) is 3.55. The molecule has 0 aromatic heterocycles. The molecule has 1 aliphatic rings. The first kappa shape index (κ1) is 15.8. The van der Waals surface area contributed by atoms with E-state index in [2.05, 4.69) is 19.2 Å². The topological polar surface area (TPSA) is 32.3 Å². The fraction of sp³-hybridized carbons (Fsp3) is 0.929. The minimum absolute atomic E-state index is 0.332. The summed E-state index contributed by atoms with van der Waals surface area (Å²) in [6.45, 7) is 6.44. The number of hydrogen-bond donors (Lipinski definition) is 1. The van der Waals surface area contributed by atoms with Gasteiger partial charge in [-0.1, -0.05) is 20.3 Å². The van der Waals surface area contributed by atoms with Gasteiger partial charge in [0, 0.05) is 24.9 Å². The first-order chi connectivity index (χ1) is 8.69. The summed E-state index contributed by atoms with van der Waals surface area (Å²) >= 11 is 1.78. The maximum atomic E-state index is 12.0. The largest absolute Gasteiger partial charge is 0.342 e. The summed E-state index contributed by atoms with van der Waals surface area (Å²) < 4.78 is 0. The van der Waals surface area contributed by atoms with Crippen LogP contribution in [0.5, 0.6) is 0 Å². The third-order valence-corrected chi connectivity index (χ3v) is 4.98. The number of nitrogens with one attached hydrogen (secondary N) is 1. The molecule has 2 atom stereocenters. The Labute approximate surface area is 116 Å². The number of rotatable bonds is 7. The number of nitrogens with zero attached hydrogens (tertiary/aromatic N) is 1. The highest BCUT2D eigenvalue weighted by Gasteiger charge is 2.18. The Hall–Kier alpha value is -0.220. The standard InChI is InChI=1S/C14H28N2OS/c1-4-12(2)13(15-3)10-18-11-14(17)16-8-6-5-7-9-16/h12-13,15H,4-11H2,1-3H3. The van der Waals surface area contributed by atoms with E-state index in [0.717, 1.165) is 18.8 Å². The molecule has 0 aromatic carbocycles. The summed E-state index contributed by atoms with van der Waals surface area (Å²) in [5.74, 6) is 2.69. The molecule has 3 nitrogen and oxygen atoms in total. The predicted molar refractivity (Wildman–Crippen MR) is 80.1 cm³/mol. The summed E-state index contributed by atoms with van der Waals surface area (Å²) in [7, 11) is 2.02. The molecule has 0 radical (unpaired) electrons. The van der Waals surface area contributed by atoms with E-state index in [1.165, 1.54) is 25.7 Å². The molecule has 1 rings (SSSR count). The molecular weight excluding hydrogens is 244 g/mol. The van der Waals surface area contributed by atoms with Crippen LogP contribution in [-0.4, -0.2) is 48.5 Å². The monoisotopic (exact) mass is 272 g/mol. The molecule has 0 aliphatic carbocycles. The average molecular weight is 272 g/mol. The highest BCUT2D eigenvalue weighted by atomic mass is 32.2. The highest BCUT2D eigenvalue weighted by molar-refractivity contribution is 7.99. The lowest BCUT2D eigenvalue weighted by atomic mass is 10.0. The van der Waals surface area contributed by atoms with Crippen molar-refractivity contribution in [1.82, 2.24) is 10.2 Å². The summed E-state index contributed by atoms with van der Waals surface area (Å²) in [4.78, 5) is 14.0. The van der Waals surface area contributed by atoms with Gasteiger partial charge in [0.2, 0.25) is 5.91 Å². The van der Waals surface area contributed by atoms with Crippen LogP contribution in [0.3, 0.4) is 0 Å². The van der Waals surface area contributed by atoms with Gasteiger partial charge in [-0.15, -0.1) is 0 Å². The molecule has 1 N–H and O–H groups in total. The van der Waals surface area contributed by atoms with Crippen molar-refractivity contribution in [3.05, 3.63) is 0 Å². The van der Waals surface area contributed by atoms with Gasteiger partial charge >= 0.3 is 0 Å². The van der Waals surface area contributed by atoms with Gasteiger partial charge in [-0.05, 0) is 32.2 Å². The molecule has 2 unspecified atom stereocenters. The van der Waals surface area contributed by atoms with E-state index in [-0.39, 0.29) is 0 Å². The third-order valence-electron chi connectivity index (χ3n) is 3.93. The molecule has 1 saturated heterocycles.